The van der Waals surface area contributed by atoms with Crippen molar-refractivity contribution >= 4 is 27.8 Å². The summed E-state index contributed by atoms with van der Waals surface area (Å²) in [4.78, 5) is 12.6. The van der Waals surface area contributed by atoms with Crippen LogP contribution in [0, 0.1) is 0 Å². The Kier molecular flexibility index (Phi) is 5.98. The summed E-state index contributed by atoms with van der Waals surface area (Å²) in [5.41, 5.74) is 8.55. The Morgan fingerprint density at radius 2 is 1.22 bits per heavy atom. The number of hydrogen-bond acceptors (Lipinski definition) is 2. The first-order valence-corrected chi connectivity index (χ1v) is 12.9. The van der Waals surface area contributed by atoms with Crippen LogP contribution in [0.25, 0.3) is 38.6 Å². The number of fused-ring (bicyclic) bond motifs is 3. The molecule has 37 heavy (non-hydrogen) atoms. The highest BCUT2D eigenvalue weighted by Gasteiger charge is 2.22. The molecular weight excluding hydrogens is 454 g/mol. The third-order valence-electron chi connectivity index (χ3n) is 7.24. The second-order valence-electron chi connectivity index (χ2n) is 11.9. The molecule has 5 rings (SSSR count). The average Bonchev–Trinajstić information content (AvgIpc) is 3.20. The van der Waals surface area contributed by atoms with Gasteiger partial charge in [-0.15, -0.1) is 0 Å². The number of aromatic nitrogens is 1. The molecule has 0 N–H and O–H groups in total. The van der Waals surface area contributed by atoms with Gasteiger partial charge in [0, 0.05) is 16.3 Å². The Bertz CT molecular complexity index is 1560. The second-order valence-corrected chi connectivity index (χ2v) is 11.9. The van der Waals surface area contributed by atoms with Crippen molar-refractivity contribution < 1.29 is 9.53 Å². The molecule has 0 amide bonds. The first kappa shape index (κ1) is 24.8. The third-order valence-corrected chi connectivity index (χ3v) is 7.24. The van der Waals surface area contributed by atoms with Crippen molar-refractivity contribution in [2.75, 3.05) is 7.11 Å². The van der Waals surface area contributed by atoms with E-state index in [9.17, 15) is 4.79 Å². The van der Waals surface area contributed by atoms with Crippen molar-refractivity contribution in [2.45, 2.75) is 52.4 Å². The minimum atomic E-state index is -0.341. The van der Waals surface area contributed by atoms with Crippen molar-refractivity contribution in [3.8, 4) is 16.8 Å². The quantitative estimate of drug-likeness (QED) is 0.237. The van der Waals surface area contributed by atoms with E-state index in [1.165, 1.54) is 29.0 Å². The summed E-state index contributed by atoms with van der Waals surface area (Å²) in [6, 6.07) is 29.8. The smallest absolute Gasteiger partial charge is 0.337 e. The highest BCUT2D eigenvalue weighted by molar-refractivity contribution is 6.10. The summed E-state index contributed by atoms with van der Waals surface area (Å²) in [5.74, 6) is -0.341. The van der Waals surface area contributed by atoms with Crippen LogP contribution in [0.2, 0.25) is 0 Å². The molecule has 0 atom stereocenters. The summed E-state index contributed by atoms with van der Waals surface area (Å²) in [5, 5.41) is 2.44. The molecule has 0 aliphatic rings. The van der Waals surface area contributed by atoms with Gasteiger partial charge < -0.3 is 9.30 Å². The van der Waals surface area contributed by atoms with E-state index in [2.05, 4.69) is 94.6 Å². The van der Waals surface area contributed by atoms with Crippen LogP contribution in [-0.4, -0.2) is 17.6 Å². The largest absolute Gasteiger partial charge is 0.465 e. The van der Waals surface area contributed by atoms with Gasteiger partial charge in [0.1, 0.15) is 0 Å². The molecule has 188 valence electrons. The Hall–Kier alpha value is -3.85. The van der Waals surface area contributed by atoms with Crippen molar-refractivity contribution in [3.05, 3.63) is 102 Å². The van der Waals surface area contributed by atoms with Crippen LogP contribution in [0.5, 0.6) is 0 Å². The van der Waals surface area contributed by atoms with Gasteiger partial charge in [0.05, 0.1) is 29.4 Å². The number of hydrogen-bond donors (Lipinski definition) is 0. The fourth-order valence-electron chi connectivity index (χ4n) is 5.04. The first-order chi connectivity index (χ1) is 17.5. The van der Waals surface area contributed by atoms with Gasteiger partial charge in [0.25, 0.3) is 0 Å². The van der Waals surface area contributed by atoms with Gasteiger partial charge in [-0.25, -0.2) is 4.79 Å². The topological polar surface area (TPSA) is 31.2 Å². The highest BCUT2D eigenvalue weighted by atomic mass is 16.5. The molecule has 3 nitrogen and oxygen atoms in total. The van der Waals surface area contributed by atoms with E-state index in [4.69, 9.17) is 4.74 Å². The normalized spacial score (nSPS) is 12.3. The fourth-order valence-corrected chi connectivity index (χ4v) is 5.04. The molecular formula is C34H35NO2. The van der Waals surface area contributed by atoms with Gasteiger partial charge in [-0.05, 0) is 63.9 Å². The zero-order valence-corrected chi connectivity index (χ0v) is 22.8. The number of carbonyl (C=O) groups is 1. The van der Waals surface area contributed by atoms with Gasteiger partial charge in [-0.1, -0.05) is 90.1 Å². The van der Waals surface area contributed by atoms with Crippen molar-refractivity contribution in [3.63, 3.8) is 0 Å². The summed E-state index contributed by atoms with van der Waals surface area (Å²) in [6.07, 6.45) is 0. The number of benzene rings is 4. The average molecular weight is 490 g/mol. The summed E-state index contributed by atoms with van der Waals surface area (Å²) >= 11 is 0. The number of nitrogens with zero attached hydrogens (tertiary/aromatic N) is 1. The number of carbonyl (C=O) groups excluding carboxylic acids is 1. The Labute approximate surface area is 219 Å². The summed E-state index contributed by atoms with van der Waals surface area (Å²) in [6.45, 7) is 13.5. The van der Waals surface area contributed by atoms with E-state index in [1.807, 2.05) is 36.4 Å². The molecule has 1 heterocycles. The van der Waals surface area contributed by atoms with Crippen LogP contribution in [0.1, 0.15) is 63.0 Å². The van der Waals surface area contributed by atoms with Crippen LogP contribution in [0.15, 0.2) is 84.9 Å². The second kappa shape index (κ2) is 8.92. The fraction of sp³-hybridized carbons (Fsp3) is 0.265. The Morgan fingerprint density at radius 3 is 1.70 bits per heavy atom. The molecule has 0 aliphatic heterocycles. The van der Waals surface area contributed by atoms with Crippen LogP contribution in [0.3, 0.4) is 0 Å². The van der Waals surface area contributed by atoms with Gasteiger partial charge in [-0.2, -0.15) is 0 Å². The summed E-state index contributed by atoms with van der Waals surface area (Å²) in [7, 11) is 1.43. The van der Waals surface area contributed by atoms with E-state index in [1.54, 1.807) is 0 Å². The number of esters is 1. The predicted octanol–water partition coefficient (Wildman–Crippen LogP) is 8.83. The zero-order valence-electron chi connectivity index (χ0n) is 22.8. The minimum Gasteiger partial charge on any atom is -0.465 e. The standard InChI is InChI=1S/C34H35NO2/c1-33(2,3)24-14-17-29-27(20-24)28-21-25(34(4,5)6)15-18-30(28)35(29)31-19-23(32(36)37-7)13-16-26(31)22-11-9-8-10-12-22/h8-21H,1-7H3. The molecule has 0 saturated carbocycles. The third kappa shape index (κ3) is 4.44. The number of rotatable bonds is 3. The van der Waals surface area contributed by atoms with Crippen LogP contribution in [0.4, 0.5) is 0 Å². The van der Waals surface area contributed by atoms with E-state index in [0.717, 1.165) is 27.8 Å². The molecule has 0 bridgehead atoms. The van der Waals surface area contributed by atoms with Gasteiger partial charge in [0.2, 0.25) is 0 Å². The Morgan fingerprint density at radius 1 is 0.676 bits per heavy atom. The van der Waals surface area contributed by atoms with Crippen molar-refractivity contribution in [1.82, 2.24) is 4.57 Å². The van der Waals surface area contributed by atoms with Crippen molar-refractivity contribution in [2.24, 2.45) is 0 Å². The molecule has 0 radical (unpaired) electrons. The van der Waals surface area contributed by atoms with E-state index >= 15 is 0 Å². The molecule has 5 aromatic rings. The van der Waals surface area contributed by atoms with Gasteiger partial charge in [-0.3, -0.25) is 0 Å². The van der Waals surface area contributed by atoms with Gasteiger partial charge >= 0.3 is 5.97 Å². The molecule has 0 saturated heterocycles. The van der Waals surface area contributed by atoms with Crippen LogP contribution >= 0.6 is 0 Å². The Balaban J connectivity index is 1.92. The van der Waals surface area contributed by atoms with Gasteiger partial charge in [0.15, 0.2) is 0 Å². The molecule has 1 aromatic heterocycles. The van der Waals surface area contributed by atoms with E-state index < -0.39 is 0 Å². The molecule has 4 aromatic carbocycles. The molecule has 0 spiro atoms. The highest BCUT2D eigenvalue weighted by Crippen LogP contribution is 2.40. The van der Waals surface area contributed by atoms with E-state index in [-0.39, 0.29) is 16.8 Å². The van der Waals surface area contributed by atoms with E-state index in [0.29, 0.717) is 5.56 Å². The predicted molar refractivity (Wildman–Crippen MR) is 155 cm³/mol. The summed E-state index contributed by atoms with van der Waals surface area (Å²) < 4.78 is 7.39. The monoisotopic (exact) mass is 489 g/mol. The van der Waals surface area contributed by atoms with Crippen LogP contribution in [-0.2, 0) is 15.6 Å². The van der Waals surface area contributed by atoms with Crippen molar-refractivity contribution in [1.29, 1.82) is 0 Å². The SMILES string of the molecule is COC(=O)c1ccc(-c2ccccc2)c(-n2c3ccc(C(C)(C)C)cc3c3cc(C(C)(C)C)ccc32)c1. The number of ether oxygens (including phenoxy) is 1. The number of methoxy groups -OCH3 is 1. The molecule has 0 fully saturated rings. The molecule has 0 unspecified atom stereocenters. The molecule has 3 heteroatoms. The maximum absolute atomic E-state index is 12.6. The lowest BCUT2D eigenvalue weighted by molar-refractivity contribution is 0.0600. The molecule has 0 aliphatic carbocycles. The lowest BCUT2D eigenvalue weighted by Crippen LogP contribution is -2.10. The lowest BCUT2D eigenvalue weighted by Gasteiger charge is -2.19. The minimum absolute atomic E-state index is 0.0320. The maximum Gasteiger partial charge on any atom is 0.337 e. The maximum atomic E-state index is 12.6. The lowest BCUT2D eigenvalue weighted by atomic mass is 9.85. The first-order valence-electron chi connectivity index (χ1n) is 12.9. The van der Waals surface area contributed by atoms with Crippen LogP contribution < -0.4 is 0 Å². The zero-order chi connectivity index (χ0) is 26.5.